The van der Waals surface area contributed by atoms with Crippen molar-refractivity contribution in [2.45, 2.75) is 12.5 Å². The molecule has 1 heterocycles. The van der Waals surface area contributed by atoms with Crippen LogP contribution in [0.15, 0.2) is 5.11 Å². The summed E-state index contributed by atoms with van der Waals surface area (Å²) in [4.78, 5) is 12.8. The first-order valence-corrected chi connectivity index (χ1v) is 3.51. The molecule has 1 amide bonds. The van der Waals surface area contributed by atoms with Crippen LogP contribution in [-0.2, 0) is 0 Å². The molecule has 1 saturated heterocycles. The molecule has 1 fully saturated rings. The van der Waals surface area contributed by atoms with E-state index >= 15 is 0 Å². The second-order valence-electron chi connectivity index (χ2n) is 2.51. The van der Waals surface area contributed by atoms with Crippen molar-refractivity contribution in [1.82, 2.24) is 10.4 Å². The maximum absolute atomic E-state index is 10.2. The van der Waals surface area contributed by atoms with Gasteiger partial charge in [0.25, 0.3) is 0 Å². The Morgan fingerprint density at radius 3 is 3.17 bits per heavy atom. The van der Waals surface area contributed by atoms with Crippen LogP contribution in [0.1, 0.15) is 6.42 Å². The second-order valence-corrected chi connectivity index (χ2v) is 2.51. The van der Waals surface area contributed by atoms with Crippen molar-refractivity contribution in [2.24, 2.45) is 5.11 Å². The van der Waals surface area contributed by atoms with Gasteiger partial charge in [-0.3, -0.25) is 5.43 Å². The molecule has 1 aliphatic heterocycles. The van der Waals surface area contributed by atoms with Crippen LogP contribution in [-0.4, -0.2) is 35.3 Å². The lowest BCUT2D eigenvalue weighted by Crippen LogP contribution is -2.39. The summed E-state index contributed by atoms with van der Waals surface area (Å²) in [6.07, 6.45) is -0.388. The van der Waals surface area contributed by atoms with Gasteiger partial charge in [-0.05, 0) is 12.0 Å². The van der Waals surface area contributed by atoms with E-state index in [0.717, 1.165) is 0 Å². The molecule has 66 valence electrons. The Kier molecular flexibility index (Phi) is 2.73. The van der Waals surface area contributed by atoms with E-state index in [1.807, 2.05) is 0 Å². The number of azide groups is 1. The first-order chi connectivity index (χ1) is 5.72. The number of hydrazine groups is 1. The molecule has 1 atom stereocenters. The number of rotatable bonds is 2. The third-order valence-corrected chi connectivity index (χ3v) is 1.63. The second kappa shape index (κ2) is 3.80. The maximum atomic E-state index is 10.2. The highest BCUT2D eigenvalue weighted by Crippen LogP contribution is 2.09. The quantitative estimate of drug-likeness (QED) is 0.360. The van der Waals surface area contributed by atoms with Crippen molar-refractivity contribution >= 4 is 6.09 Å². The highest BCUT2D eigenvalue weighted by atomic mass is 16.4. The van der Waals surface area contributed by atoms with E-state index in [2.05, 4.69) is 15.5 Å². The molecule has 0 unspecified atom stereocenters. The van der Waals surface area contributed by atoms with Crippen LogP contribution >= 0.6 is 0 Å². The minimum Gasteiger partial charge on any atom is -0.464 e. The largest absolute Gasteiger partial charge is 0.464 e. The van der Waals surface area contributed by atoms with E-state index in [-0.39, 0.29) is 6.04 Å². The predicted octanol–water partition coefficient (Wildman–Crippen LogP) is 0.554. The molecule has 2 N–H and O–H groups in total. The van der Waals surface area contributed by atoms with Crippen LogP contribution in [0.4, 0.5) is 4.79 Å². The third-order valence-electron chi connectivity index (χ3n) is 1.63. The van der Waals surface area contributed by atoms with Crippen LogP contribution in [0.25, 0.3) is 10.4 Å². The SMILES string of the molecule is [N-]=[N+]=N[C@@H]1CCN(NC(=O)O)C1. The lowest BCUT2D eigenvalue weighted by molar-refractivity contribution is 0.153. The summed E-state index contributed by atoms with van der Waals surface area (Å²) in [6.45, 7) is 1.05. The average Bonchev–Trinajstić information content (AvgIpc) is 2.36. The number of nitrogens with zero attached hydrogens (tertiary/aromatic N) is 4. The fourth-order valence-corrected chi connectivity index (χ4v) is 1.15. The molecule has 0 spiro atoms. The van der Waals surface area contributed by atoms with Crippen LogP contribution < -0.4 is 5.43 Å². The van der Waals surface area contributed by atoms with E-state index in [9.17, 15) is 4.79 Å². The van der Waals surface area contributed by atoms with Gasteiger partial charge in [0, 0.05) is 18.0 Å². The Morgan fingerprint density at radius 2 is 2.58 bits per heavy atom. The van der Waals surface area contributed by atoms with Gasteiger partial charge in [-0.1, -0.05) is 5.11 Å². The minimum absolute atomic E-state index is 0.109. The number of nitrogens with one attached hydrogen (secondary N) is 1. The summed E-state index contributed by atoms with van der Waals surface area (Å²) in [5, 5.41) is 13.3. The van der Waals surface area contributed by atoms with Gasteiger partial charge in [-0.15, -0.1) is 0 Å². The van der Waals surface area contributed by atoms with Crippen molar-refractivity contribution in [2.75, 3.05) is 13.1 Å². The lowest BCUT2D eigenvalue weighted by atomic mass is 10.3. The fourth-order valence-electron chi connectivity index (χ4n) is 1.15. The Labute approximate surface area is 68.6 Å². The van der Waals surface area contributed by atoms with Crippen molar-refractivity contribution in [3.05, 3.63) is 10.4 Å². The summed E-state index contributed by atoms with van der Waals surface area (Å²) >= 11 is 0. The molecule has 1 aliphatic rings. The topological polar surface area (TPSA) is 101 Å². The molecule has 12 heavy (non-hydrogen) atoms. The summed E-state index contributed by atoms with van der Waals surface area (Å²) in [7, 11) is 0. The fraction of sp³-hybridized carbons (Fsp3) is 0.800. The molecule has 0 saturated carbocycles. The zero-order chi connectivity index (χ0) is 8.97. The Bertz CT molecular complexity index is 224. The van der Waals surface area contributed by atoms with Crippen LogP contribution in [0, 0.1) is 0 Å². The molecule has 7 heteroatoms. The summed E-state index contributed by atoms with van der Waals surface area (Å²) in [5.74, 6) is 0. The Hall–Kier alpha value is -1.46. The summed E-state index contributed by atoms with van der Waals surface area (Å²) < 4.78 is 0. The van der Waals surface area contributed by atoms with Gasteiger partial charge in [0.05, 0.1) is 6.04 Å². The summed E-state index contributed by atoms with van der Waals surface area (Å²) in [6, 6.07) is -0.109. The van der Waals surface area contributed by atoms with E-state index in [4.69, 9.17) is 10.6 Å². The van der Waals surface area contributed by atoms with Gasteiger partial charge in [-0.2, -0.15) is 0 Å². The molecule has 0 aromatic heterocycles. The van der Waals surface area contributed by atoms with E-state index in [1.165, 1.54) is 5.01 Å². The van der Waals surface area contributed by atoms with Crippen molar-refractivity contribution in [1.29, 1.82) is 0 Å². The first kappa shape index (κ1) is 8.63. The lowest BCUT2D eigenvalue weighted by Gasteiger charge is -2.12. The van der Waals surface area contributed by atoms with Crippen molar-refractivity contribution < 1.29 is 9.90 Å². The monoisotopic (exact) mass is 171 g/mol. The number of hydrogen-bond acceptors (Lipinski definition) is 3. The minimum atomic E-state index is -1.09. The Morgan fingerprint density at radius 1 is 1.83 bits per heavy atom. The molecule has 0 bridgehead atoms. The van der Waals surface area contributed by atoms with E-state index in [0.29, 0.717) is 19.5 Å². The standard InChI is InChI=1S/C5H9N5O2/c6-9-7-4-1-2-10(3-4)8-5(11)12/h4,8H,1-3H2,(H,11,12)/t4-/m1/s1. The Balaban J connectivity index is 2.35. The highest BCUT2D eigenvalue weighted by Gasteiger charge is 2.22. The smallest absolute Gasteiger partial charge is 0.419 e. The van der Waals surface area contributed by atoms with Gasteiger partial charge in [0.1, 0.15) is 0 Å². The van der Waals surface area contributed by atoms with Crippen LogP contribution in [0.2, 0.25) is 0 Å². The number of hydrogen-bond donors (Lipinski definition) is 2. The van der Waals surface area contributed by atoms with Crippen molar-refractivity contribution in [3.63, 3.8) is 0 Å². The number of amides is 1. The van der Waals surface area contributed by atoms with Crippen LogP contribution in [0.5, 0.6) is 0 Å². The molecule has 0 aromatic carbocycles. The van der Waals surface area contributed by atoms with E-state index in [1.54, 1.807) is 0 Å². The zero-order valence-electron chi connectivity index (χ0n) is 6.34. The van der Waals surface area contributed by atoms with Gasteiger partial charge in [-0.25, -0.2) is 9.80 Å². The van der Waals surface area contributed by atoms with Gasteiger partial charge < -0.3 is 5.11 Å². The maximum Gasteiger partial charge on any atom is 0.419 e. The molecule has 0 aromatic rings. The normalized spacial score (nSPS) is 23.2. The van der Waals surface area contributed by atoms with E-state index < -0.39 is 6.09 Å². The summed E-state index contributed by atoms with van der Waals surface area (Å²) in [5.41, 5.74) is 10.3. The third kappa shape index (κ3) is 2.30. The average molecular weight is 171 g/mol. The molecule has 1 rings (SSSR count). The molecule has 7 nitrogen and oxygen atoms in total. The van der Waals surface area contributed by atoms with Crippen molar-refractivity contribution in [3.8, 4) is 0 Å². The van der Waals surface area contributed by atoms with Gasteiger partial charge >= 0.3 is 6.09 Å². The molecular weight excluding hydrogens is 162 g/mol. The van der Waals surface area contributed by atoms with Gasteiger partial charge in [0.15, 0.2) is 0 Å². The highest BCUT2D eigenvalue weighted by molar-refractivity contribution is 5.63. The molecule has 0 radical (unpaired) electrons. The number of carbonyl (C=O) groups is 1. The number of carboxylic acid groups (broad SMARTS) is 1. The zero-order valence-corrected chi connectivity index (χ0v) is 6.34. The van der Waals surface area contributed by atoms with Crippen LogP contribution in [0.3, 0.4) is 0 Å². The first-order valence-electron chi connectivity index (χ1n) is 3.51. The predicted molar refractivity (Wildman–Crippen MR) is 40.3 cm³/mol. The molecule has 0 aliphatic carbocycles. The van der Waals surface area contributed by atoms with Gasteiger partial charge in [0.2, 0.25) is 0 Å². The molecular formula is C5H9N5O2.